The van der Waals surface area contributed by atoms with E-state index < -0.39 is 124 Å². The van der Waals surface area contributed by atoms with E-state index in [1.807, 2.05) is 6.08 Å². The molecule has 0 aromatic carbocycles. The van der Waals surface area contributed by atoms with Crippen molar-refractivity contribution in [2.24, 2.45) is 0 Å². The summed E-state index contributed by atoms with van der Waals surface area (Å²) >= 11 is 0. The lowest BCUT2D eigenvalue weighted by Crippen LogP contribution is -2.66. The number of amides is 1. The highest BCUT2D eigenvalue weighted by Crippen LogP contribution is 2.33. The van der Waals surface area contributed by atoms with Gasteiger partial charge in [0.05, 0.1) is 38.6 Å². The van der Waals surface area contributed by atoms with Crippen LogP contribution in [0.15, 0.2) is 72.9 Å². The predicted molar refractivity (Wildman–Crippen MR) is 397 cm³/mol. The van der Waals surface area contributed by atoms with Crippen LogP contribution in [0.1, 0.15) is 303 Å². The Balaban J connectivity index is 1.35. The lowest BCUT2D eigenvalue weighted by Gasteiger charge is -2.48. The molecule has 0 spiro atoms. The Labute approximate surface area is 604 Å². The van der Waals surface area contributed by atoms with Crippen LogP contribution < -0.4 is 5.32 Å². The van der Waals surface area contributed by atoms with Gasteiger partial charge in [-0.2, -0.15) is 0 Å². The average molecular weight is 1420 g/mol. The molecular weight excluding hydrogens is 1270 g/mol. The Bertz CT molecular complexity index is 2090. The molecule has 3 heterocycles. The van der Waals surface area contributed by atoms with E-state index in [2.05, 4.69) is 79.9 Å². The zero-order valence-corrected chi connectivity index (χ0v) is 62.2. The number of allylic oxidation sites excluding steroid dienone is 11. The van der Waals surface area contributed by atoms with Crippen molar-refractivity contribution in [1.29, 1.82) is 0 Å². The van der Waals surface area contributed by atoms with Crippen molar-refractivity contribution >= 4 is 5.91 Å². The van der Waals surface area contributed by atoms with Gasteiger partial charge >= 0.3 is 0 Å². The second-order valence-corrected chi connectivity index (χ2v) is 28.5. The van der Waals surface area contributed by atoms with Crippen LogP contribution in [0, 0.1) is 0 Å². The summed E-state index contributed by atoms with van der Waals surface area (Å²) in [7, 11) is 0. The number of rotatable bonds is 63. The SMILES string of the molecule is CC/C=C\C/C=C\C/C=C\C/C=C\C/C=C\CCCCCCCCCCCCCCCCCCCCCC(=O)NC(COC1OC(CO)C(OC2OC(CO)C(OC3OC(CO)C(O)C(O)C3O)C(O)C2O)C(O)C1O)C(O)/C=C/CCCCCCCCCCCCCCCCCCCC. The molecule has 19 heteroatoms. The van der Waals surface area contributed by atoms with E-state index >= 15 is 0 Å². The highest BCUT2D eigenvalue weighted by molar-refractivity contribution is 5.76. The normalized spacial score (nSPS) is 26.8. The highest BCUT2D eigenvalue weighted by atomic mass is 16.8. The fourth-order valence-electron chi connectivity index (χ4n) is 13.3. The Morgan fingerprint density at radius 1 is 0.370 bits per heavy atom. The minimum atomic E-state index is -1.98. The van der Waals surface area contributed by atoms with E-state index in [-0.39, 0.29) is 18.9 Å². The van der Waals surface area contributed by atoms with Crippen molar-refractivity contribution in [1.82, 2.24) is 5.32 Å². The molecule has 17 unspecified atom stereocenters. The number of nitrogens with one attached hydrogen (secondary N) is 1. The lowest BCUT2D eigenvalue weighted by atomic mass is 9.96. The zero-order valence-electron chi connectivity index (χ0n) is 62.2. The molecule has 12 N–H and O–H groups in total. The van der Waals surface area contributed by atoms with E-state index in [0.717, 1.165) is 77.0 Å². The minimum Gasteiger partial charge on any atom is -0.394 e. The van der Waals surface area contributed by atoms with Crippen LogP contribution in [0.5, 0.6) is 0 Å². The predicted octanol–water partition coefficient (Wildman–Crippen LogP) is 13.2. The Morgan fingerprint density at radius 3 is 1.08 bits per heavy atom. The van der Waals surface area contributed by atoms with Crippen molar-refractivity contribution in [3.8, 4) is 0 Å². The van der Waals surface area contributed by atoms with Gasteiger partial charge in [0.2, 0.25) is 5.91 Å². The standard InChI is InChI=1S/C81H145NO18/c1-3-5-7-9-11-13-15-17-19-21-23-25-26-27-28-29-30-31-32-33-34-35-36-37-38-39-41-43-45-47-49-51-53-55-57-59-69(87)82-64(65(86)58-56-54-52-50-48-46-44-42-40-24-22-20-18-16-14-12-10-8-6-4-2)63-95-79-75(93)72(90)77(67(61-84)97-79)100-81-76(94)73(91)78(68(62-85)98-81)99-80-74(92)71(89)70(88)66(60-83)96-80/h5,7,11,13,17,19,23,25,27-28,56,58,64-68,70-81,83-86,88-94H,3-4,6,8-10,12,14-16,18,20-22,24,26,29-55,57,59-63H2,1-2H3,(H,82,87)/b7-5-,13-11-,19-17-,25-23-,28-27-,58-56+. The van der Waals surface area contributed by atoms with Crippen LogP contribution in [0.3, 0.4) is 0 Å². The minimum absolute atomic E-state index is 0.244. The first-order valence-corrected chi connectivity index (χ1v) is 40.2. The van der Waals surface area contributed by atoms with Gasteiger partial charge < -0.3 is 89.9 Å². The van der Waals surface area contributed by atoms with Gasteiger partial charge in [-0.15, -0.1) is 0 Å². The van der Waals surface area contributed by atoms with Gasteiger partial charge in [-0.25, -0.2) is 0 Å². The monoisotopic (exact) mass is 1420 g/mol. The summed E-state index contributed by atoms with van der Waals surface area (Å²) in [5.74, 6) is -0.272. The number of unbranched alkanes of at least 4 members (excludes halogenated alkanes) is 37. The van der Waals surface area contributed by atoms with Crippen molar-refractivity contribution < 1.29 is 89.4 Å². The van der Waals surface area contributed by atoms with Crippen molar-refractivity contribution in [2.75, 3.05) is 26.4 Å². The maximum atomic E-state index is 13.5. The summed E-state index contributed by atoms with van der Waals surface area (Å²) in [5.41, 5.74) is 0. The van der Waals surface area contributed by atoms with E-state index in [1.165, 1.54) is 199 Å². The van der Waals surface area contributed by atoms with Crippen molar-refractivity contribution in [3.63, 3.8) is 0 Å². The number of carbonyl (C=O) groups is 1. The summed E-state index contributed by atoms with van der Waals surface area (Å²) in [6, 6.07) is -0.975. The van der Waals surface area contributed by atoms with Gasteiger partial charge in [0.15, 0.2) is 18.9 Å². The summed E-state index contributed by atoms with van der Waals surface area (Å²) < 4.78 is 34.4. The van der Waals surface area contributed by atoms with E-state index in [4.69, 9.17) is 28.4 Å². The van der Waals surface area contributed by atoms with Gasteiger partial charge in [0.1, 0.15) is 73.2 Å². The maximum absolute atomic E-state index is 13.5. The molecule has 0 aliphatic carbocycles. The number of hydrogen-bond acceptors (Lipinski definition) is 18. The second kappa shape index (κ2) is 61.4. The van der Waals surface area contributed by atoms with Gasteiger partial charge in [0, 0.05) is 6.42 Å². The van der Waals surface area contributed by atoms with Crippen LogP contribution in [0.2, 0.25) is 0 Å². The van der Waals surface area contributed by atoms with Crippen LogP contribution in [0.4, 0.5) is 0 Å². The summed E-state index contributed by atoms with van der Waals surface area (Å²) in [4.78, 5) is 13.5. The average Bonchev–Trinajstić information content (AvgIpc) is 0.783. The Morgan fingerprint density at radius 2 is 0.690 bits per heavy atom. The quantitative estimate of drug-likeness (QED) is 0.0199. The topological polar surface area (TPSA) is 307 Å². The Kier molecular flexibility index (Phi) is 56.1. The summed E-state index contributed by atoms with van der Waals surface area (Å²) in [5, 5.41) is 121. The van der Waals surface area contributed by atoms with Gasteiger partial charge in [0.25, 0.3) is 0 Å². The molecule has 3 aliphatic heterocycles. The Hall–Kier alpha value is -2.77. The number of hydrogen-bond donors (Lipinski definition) is 12. The first-order valence-electron chi connectivity index (χ1n) is 40.2. The van der Waals surface area contributed by atoms with Crippen LogP contribution in [0.25, 0.3) is 0 Å². The third-order valence-electron chi connectivity index (χ3n) is 19.8. The molecule has 19 nitrogen and oxygen atoms in total. The second-order valence-electron chi connectivity index (χ2n) is 28.5. The van der Waals surface area contributed by atoms with Crippen LogP contribution >= 0.6 is 0 Å². The molecule has 3 saturated heterocycles. The molecule has 0 saturated carbocycles. The summed E-state index contributed by atoms with van der Waals surface area (Å²) in [6.07, 6.45) is 53.1. The number of carbonyl (C=O) groups excluding carboxylic acids is 1. The first-order chi connectivity index (χ1) is 48.8. The molecular formula is C81H145NO18. The summed E-state index contributed by atoms with van der Waals surface area (Å²) in [6.45, 7) is 1.65. The zero-order chi connectivity index (χ0) is 72.5. The third-order valence-corrected chi connectivity index (χ3v) is 19.8. The molecule has 100 heavy (non-hydrogen) atoms. The molecule has 0 bridgehead atoms. The first kappa shape index (κ1) is 91.4. The smallest absolute Gasteiger partial charge is 0.220 e. The molecule has 3 aliphatic rings. The number of ether oxygens (including phenoxy) is 6. The van der Waals surface area contributed by atoms with E-state index in [0.29, 0.717) is 6.42 Å². The van der Waals surface area contributed by atoms with E-state index in [9.17, 15) is 61.0 Å². The van der Waals surface area contributed by atoms with Crippen molar-refractivity contribution in [3.05, 3.63) is 72.9 Å². The molecule has 3 rings (SSSR count). The van der Waals surface area contributed by atoms with Gasteiger partial charge in [-0.05, 0) is 64.2 Å². The third kappa shape index (κ3) is 41.2. The van der Waals surface area contributed by atoms with Crippen LogP contribution in [-0.4, -0.2) is 193 Å². The highest BCUT2D eigenvalue weighted by Gasteiger charge is 2.54. The molecule has 0 aromatic rings. The fraction of sp³-hybridized carbons (Fsp3) is 0.840. The van der Waals surface area contributed by atoms with E-state index in [1.54, 1.807) is 6.08 Å². The van der Waals surface area contributed by atoms with Gasteiger partial charge in [-0.1, -0.05) is 305 Å². The lowest BCUT2D eigenvalue weighted by molar-refractivity contribution is -0.379. The molecule has 0 aromatic heterocycles. The van der Waals surface area contributed by atoms with Gasteiger partial charge in [-0.3, -0.25) is 4.79 Å². The largest absolute Gasteiger partial charge is 0.394 e. The van der Waals surface area contributed by atoms with Crippen LogP contribution in [-0.2, 0) is 33.2 Å². The maximum Gasteiger partial charge on any atom is 0.220 e. The fourth-order valence-corrected chi connectivity index (χ4v) is 13.3. The van der Waals surface area contributed by atoms with Crippen molar-refractivity contribution in [2.45, 2.75) is 407 Å². The molecule has 582 valence electrons. The molecule has 3 fully saturated rings. The molecule has 17 atom stereocenters. The molecule has 1 amide bonds. The number of aliphatic hydroxyl groups excluding tert-OH is 11. The number of aliphatic hydroxyl groups is 11. The molecule has 0 radical (unpaired) electrons.